The molecule has 2 heterocycles. The fourth-order valence-electron chi connectivity index (χ4n) is 3.35. The predicted molar refractivity (Wildman–Crippen MR) is 107 cm³/mol. The maximum atomic E-state index is 12.9. The molecular formula is C20H25N5O5. The Bertz CT molecular complexity index is 862. The number of imidazole rings is 1. The van der Waals surface area contributed by atoms with Crippen molar-refractivity contribution in [1.82, 2.24) is 25.9 Å². The summed E-state index contributed by atoms with van der Waals surface area (Å²) in [6.07, 6.45) is 4.76. The zero-order valence-corrected chi connectivity index (χ0v) is 16.3. The van der Waals surface area contributed by atoms with Crippen molar-refractivity contribution in [3.05, 3.63) is 48.0 Å². The Hall–Kier alpha value is -3.40. The summed E-state index contributed by atoms with van der Waals surface area (Å²) in [6, 6.07) is 3.57. The normalized spacial score (nSPS) is 17.8. The number of phenols is 1. The number of aromatic nitrogens is 2. The van der Waals surface area contributed by atoms with Crippen LogP contribution < -0.4 is 16.0 Å². The van der Waals surface area contributed by atoms with Gasteiger partial charge in [0.25, 0.3) is 0 Å². The van der Waals surface area contributed by atoms with Crippen LogP contribution in [-0.2, 0) is 27.2 Å². The standard InChI is InChI=1S/C20H25N5O5/c26-14-5-3-12(4-6-14)8-17(20(29)30)25-19(28)16(9-13-10-21-11-23-13)24-18(27)15-2-1-7-22-15/h3-6,10-11,15-17,22,26H,1-2,7-9H2,(H,21,23)(H,24,27)(H,25,28)(H,29,30)/t15-,16+,17+/m0/s1. The van der Waals surface area contributed by atoms with Gasteiger partial charge in [0, 0.05) is 24.7 Å². The van der Waals surface area contributed by atoms with Gasteiger partial charge in [0.1, 0.15) is 17.8 Å². The van der Waals surface area contributed by atoms with Gasteiger partial charge in [0.2, 0.25) is 11.8 Å². The molecule has 2 amide bonds. The number of carboxylic acids is 1. The van der Waals surface area contributed by atoms with Crippen LogP contribution in [0.3, 0.4) is 0 Å². The molecule has 10 nitrogen and oxygen atoms in total. The van der Waals surface area contributed by atoms with Crippen molar-refractivity contribution in [2.75, 3.05) is 6.54 Å². The van der Waals surface area contributed by atoms with Gasteiger partial charge in [0.15, 0.2) is 0 Å². The highest BCUT2D eigenvalue weighted by Gasteiger charge is 2.30. The molecule has 0 unspecified atom stereocenters. The van der Waals surface area contributed by atoms with E-state index in [9.17, 15) is 24.6 Å². The molecule has 1 aromatic heterocycles. The Morgan fingerprint density at radius 1 is 1.13 bits per heavy atom. The first-order valence-corrected chi connectivity index (χ1v) is 9.74. The van der Waals surface area contributed by atoms with E-state index in [1.54, 1.807) is 18.3 Å². The lowest BCUT2D eigenvalue weighted by atomic mass is 10.0. The molecule has 0 bridgehead atoms. The van der Waals surface area contributed by atoms with E-state index >= 15 is 0 Å². The van der Waals surface area contributed by atoms with Gasteiger partial charge >= 0.3 is 5.97 Å². The minimum atomic E-state index is -1.19. The number of H-pyrrole nitrogens is 1. The van der Waals surface area contributed by atoms with Gasteiger partial charge in [-0.25, -0.2) is 9.78 Å². The summed E-state index contributed by atoms with van der Waals surface area (Å²) in [6.45, 7) is 0.739. The Morgan fingerprint density at radius 3 is 2.50 bits per heavy atom. The van der Waals surface area contributed by atoms with E-state index in [0.29, 0.717) is 17.7 Å². The van der Waals surface area contributed by atoms with Crippen LogP contribution in [0.4, 0.5) is 0 Å². The molecule has 1 saturated heterocycles. The number of amides is 2. The summed E-state index contributed by atoms with van der Waals surface area (Å²) in [5, 5.41) is 27.2. The Labute approximate surface area is 173 Å². The van der Waals surface area contributed by atoms with Crippen molar-refractivity contribution in [1.29, 1.82) is 0 Å². The van der Waals surface area contributed by atoms with Crippen LogP contribution in [-0.4, -0.2) is 62.6 Å². The average molecular weight is 415 g/mol. The van der Waals surface area contributed by atoms with Gasteiger partial charge in [-0.3, -0.25) is 9.59 Å². The first-order valence-electron chi connectivity index (χ1n) is 9.74. The topological polar surface area (TPSA) is 156 Å². The number of nitrogens with zero attached hydrogens (tertiary/aromatic N) is 1. The number of benzene rings is 1. The fraction of sp³-hybridized carbons (Fsp3) is 0.400. The van der Waals surface area contributed by atoms with Gasteiger partial charge < -0.3 is 31.1 Å². The highest BCUT2D eigenvalue weighted by Crippen LogP contribution is 2.12. The van der Waals surface area contributed by atoms with Crippen LogP contribution in [0, 0.1) is 0 Å². The Kier molecular flexibility index (Phi) is 7.02. The molecule has 30 heavy (non-hydrogen) atoms. The molecule has 6 N–H and O–H groups in total. The number of carboxylic acid groups (broad SMARTS) is 1. The number of rotatable bonds is 9. The molecule has 2 aromatic rings. The molecule has 160 valence electrons. The molecule has 0 radical (unpaired) electrons. The van der Waals surface area contributed by atoms with Crippen molar-refractivity contribution in [2.24, 2.45) is 0 Å². The quantitative estimate of drug-likeness (QED) is 0.328. The Balaban J connectivity index is 1.69. The third-order valence-electron chi connectivity index (χ3n) is 4.98. The van der Waals surface area contributed by atoms with E-state index in [4.69, 9.17) is 0 Å². The molecule has 1 aromatic carbocycles. The number of nitrogens with one attached hydrogen (secondary N) is 4. The van der Waals surface area contributed by atoms with Crippen molar-refractivity contribution < 1.29 is 24.6 Å². The largest absolute Gasteiger partial charge is 0.508 e. The number of carbonyl (C=O) groups is 3. The van der Waals surface area contributed by atoms with Gasteiger partial charge in [-0.15, -0.1) is 0 Å². The van der Waals surface area contributed by atoms with Gasteiger partial charge in [-0.05, 0) is 37.1 Å². The van der Waals surface area contributed by atoms with E-state index in [-0.39, 0.29) is 30.5 Å². The third kappa shape index (κ3) is 5.80. The number of aromatic amines is 1. The van der Waals surface area contributed by atoms with Crippen LogP contribution in [0.25, 0.3) is 0 Å². The van der Waals surface area contributed by atoms with Crippen LogP contribution in [0.5, 0.6) is 5.75 Å². The first-order chi connectivity index (χ1) is 14.4. The number of aliphatic carboxylic acids is 1. The van der Waals surface area contributed by atoms with E-state index in [1.807, 2.05) is 0 Å². The van der Waals surface area contributed by atoms with E-state index in [2.05, 4.69) is 25.9 Å². The zero-order valence-electron chi connectivity index (χ0n) is 16.3. The second-order valence-corrected chi connectivity index (χ2v) is 7.26. The SMILES string of the molecule is O=C(N[C@H](Cc1cnc[nH]1)C(=O)N[C@H](Cc1ccc(O)cc1)C(=O)O)[C@@H]1CCCN1. The van der Waals surface area contributed by atoms with Gasteiger partial charge in [-0.1, -0.05) is 12.1 Å². The second-order valence-electron chi connectivity index (χ2n) is 7.26. The number of aromatic hydroxyl groups is 1. The smallest absolute Gasteiger partial charge is 0.326 e. The van der Waals surface area contributed by atoms with E-state index in [1.165, 1.54) is 18.5 Å². The third-order valence-corrected chi connectivity index (χ3v) is 4.98. The summed E-state index contributed by atoms with van der Waals surface area (Å²) in [5.41, 5.74) is 1.28. The minimum absolute atomic E-state index is 0.0380. The van der Waals surface area contributed by atoms with Gasteiger partial charge in [0.05, 0.1) is 12.4 Å². The monoisotopic (exact) mass is 415 g/mol. The molecule has 0 saturated carbocycles. The summed E-state index contributed by atoms with van der Waals surface area (Å²) in [4.78, 5) is 43.9. The minimum Gasteiger partial charge on any atom is -0.508 e. The lowest BCUT2D eigenvalue weighted by Gasteiger charge is -2.22. The van der Waals surface area contributed by atoms with Crippen molar-refractivity contribution in [3.8, 4) is 5.75 Å². The van der Waals surface area contributed by atoms with Gasteiger partial charge in [-0.2, -0.15) is 0 Å². The number of carbonyl (C=O) groups excluding carboxylic acids is 2. The van der Waals surface area contributed by atoms with Crippen LogP contribution >= 0.6 is 0 Å². The van der Waals surface area contributed by atoms with Crippen molar-refractivity contribution >= 4 is 17.8 Å². The fourth-order valence-corrected chi connectivity index (χ4v) is 3.35. The molecule has 3 rings (SSSR count). The molecule has 1 aliphatic heterocycles. The molecule has 0 spiro atoms. The summed E-state index contributed by atoms with van der Waals surface area (Å²) in [7, 11) is 0. The number of phenolic OH excluding ortho intramolecular Hbond substituents is 1. The maximum Gasteiger partial charge on any atom is 0.326 e. The summed E-state index contributed by atoms with van der Waals surface area (Å²) < 4.78 is 0. The summed E-state index contributed by atoms with van der Waals surface area (Å²) >= 11 is 0. The van der Waals surface area contributed by atoms with Crippen LogP contribution in [0.1, 0.15) is 24.1 Å². The first kappa shape index (κ1) is 21.3. The lowest BCUT2D eigenvalue weighted by molar-refractivity contribution is -0.142. The number of hydrogen-bond donors (Lipinski definition) is 6. The Morgan fingerprint density at radius 2 is 1.90 bits per heavy atom. The van der Waals surface area contributed by atoms with Crippen LogP contribution in [0.15, 0.2) is 36.8 Å². The second kappa shape index (κ2) is 9.88. The van der Waals surface area contributed by atoms with Crippen LogP contribution in [0.2, 0.25) is 0 Å². The maximum absolute atomic E-state index is 12.9. The van der Waals surface area contributed by atoms with Crippen molar-refractivity contribution in [2.45, 2.75) is 43.8 Å². The molecular weight excluding hydrogens is 390 g/mol. The van der Waals surface area contributed by atoms with E-state index < -0.39 is 24.0 Å². The highest BCUT2D eigenvalue weighted by molar-refractivity contribution is 5.92. The average Bonchev–Trinajstić information content (AvgIpc) is 3.42. The highest BCUT2D eigenvalue weighted by atomic mass is 16.4. The molecule has 0 aliphatic carbocycles. The van der Waals surface area contributed by atoms with Crippen molar-refractivity contribution in [3.63, 3.8) is 0 Å². The molecule has 1 aliphatic rings. The molecule has 1 fully saturated rings. The molecule has 3 atom stereocenters. The predicted octanol–water partition coefficient (Wildman–Crippen LogP) is -0.293. The molecule has 10 heteroatoms. The van der Waals surface area contributed by atoms with E-state index in [0.717, 1.165) is 13.0 Å². The lowest BCUT2D eigenvalue weighted by Crippen LogP contribution is -2.55. The number of hydrogen-bond acceptors (Lipinski definition) is 6. The summed E-state index contributed by atoms with van der Waals surface area (Å²) in [5.74, 6) is -2.02. The zero-order chi connectivity index (χ0) is 21.5.